The summed E-state index contributed by atoms with van der Waals surface area (Å²) in [5.41, 5.74) is 4.68. The minimum atomic E-state index is -0.546. The number of allylic oxidation sites excluding steroid dienone is 1. The lowest BCUT2D eigenvalue weighted by atomic mass is 9.96. The van der Waals surface area contributed by atoms with Crippen molar-refractivity contribution in [3.8, 4) is 0 Å². The van der Waals surface area contributed by atoms with E-state index in [1.54, 1.807) is 13.8 Å². The van der Waals surface area contributed by atoms with Crippen LogP contribution in [0.1, 0.15) is 31.0 Å². The Morgan fingerprint density at radius 1 is 1.03 bits per heavy atom. The Morgan fingerprint density at radius 2 is 1.60 bits per heavy atom. The molecule has 1 aromatic heterocycles. The largest absolute Gasteiger partial charge is 0.463 e. The molecule has 0 spiro atoms. The molecule has 2 aromatic carbocycles. The molecule has 0 radical (unpaired) electrons. The molecular weight excluding hydrogens is 460 g/mol. The number of carbonyl (C=O) groups excluding carboxylic acids is 1. The third-order valence-corrected chi connectivity index (χ3v) is 6.96. The third kappa shape index (κ3) is 4.79. The Labute approximate surface area is 208 Å². The molecule has 0 bridgehead atoms. The van der Waals surface area contributed by atoms with Gasteiger partial charge in [0.05, 0.1) is 16.7 Å². The zero-order chi connectivity index (χ0) is 25.3. The molecule has 4 rings (SSSR count). The molecule has 1 atom stereocenters. The Hall–Kier alpha value is -3.65. The standard InChI is InChI=1S/C27H30N4O3S/c1-7-34-26(33)23-17(2)31-25(32)22(16-18-8-12-20(13-9-18)29(3)4)35-27(31)28-24(23)19-10-14-21(15-11-19)30(5)6/h8-16,24H,7H2,1-6H3/b22-16-/t24-/m0/s1. The average Bonchev–Trinajstić information content (AvgIpc) is 3.14. The first kappa shape index (κ1) is 24.5. The predicted octanol–water partition coefficient (Wildman–Crippen LogP) is 3.04. The van der Waals surface area contributed by atoms with Gasteiger partial charge in [-0.1, -0.05) is 35.6 Å². The highest BCUT2D eigenvalue weighted by Crippen LogP contribution is 2.33. The molecule has 7 nitrogen and oxygen atoms in total. The van der Waals surface area contributed by atoms with Gasteiger partial charge in [-0.2, -0.15) is 0 Å². The van der Waals surface area contributed by atoms with E-state index >= 15 is 0 Å². The van der Waals surface area contributed by atoms with Gasteiger partial charge in [-0.15, -0.1) is 0 Å². The zero-order valence-electron chi connectivity index (χ0n) is 20.9. The Kier molecular flexibility index (Phi) is 6.93. The molecule has 0 unspecified atom stereocenters. The number of hydrogen-bond donors (Lipinski definition) is 0. The predicted molar refractivity (Wildman–Crippen MR) is 143 cm³/mol. The normalized spacial score (nSPS) is 15.5. The number of rotatable bonds is 6. The molecule has 0 aliphatic carbocycles. The number of benzene rings is 2. The van der Waals surface area contributed by atoms with Crippen molar-refractivity contribution in [3.05, 3.63) is 84.9 Å². The van der Waals surface area contributed by atoms with Crippen LogP contribution in [0.4, 0.5) is 11.4 Å². The third-order valence-electron chi connectivity index (χ3n) is 5.97. The molecule has 0 saturated heterocycles. The van der Waals surface area contributed by atoms with Gasteiger partial charge >= 0.3 is 5.97 Å². The van der Waals surface area contributed by atoms with E-state index in [0.29, 0.717) is 20.6 Å². The first-order chi connectivity index (χ1) is 16.7. The van der Waals surface area contributed by atoms with Gasteiger partial charge < -0.3 is 14.5 Å². The molecule has 0 N–H and O–H groups in total. The summed E-state index contributed by atoms with van der Waals surface area (Å²) < 4.78 is 7.46. The lowest BCUT2D eigenvalue weighted by Crippen LogP contribution is -2.35. The number of carbonyl (C=O) groups is 1. The summed E-state index contributed by atoms with van der Waals surface area (Å²) in [6, 6.07) is 15.4. The lowest BCUT2D eigenvalue weighted by Gasteiger charge is -2.23. The Balaban J connectivity index is 1.87. The number of thiazole rings is 1. The summed E-state index contributed by atoms with van der Waals surface area (Å²) in [6.45, 7) is 3.80. The second kappa shape index (κ2) is 9.92. The van der Waals surface area contributed by atoms with Gasteiger partial charge in [0.1, 0.15) is 6.04 Å². The van der Waals surface area contributed by atoms with Crippen LogP contribution < -0.4 is 24.7 Å². The van der Waals surface area contributed by atoms with E-state index in [1.165, 1.54) is 15.9 Å². The number of nitrogens with zero attached hydrogens (tertiary/aromatic N) is 4. The Morgan fingerprint density at radius 3 is 2.14 bits per heavy atom. The minimum Gasteiger partial charge on any atom is -0.463 e. The molecule has 8 heteroatoms. The van der Waals surface area contributed by atoms with Crippen molar-refractivity contribution in [3.63, 3.8) is 0 Å². The van der Waals surface area contributed by atoms with Crippen LogP contribution in [0.3, 0.4) is 0 Å². The highest BCUT2D eigenvalue weighted by atomic mass is 32.1. The van der Waals surface area contributed by atoms with Crippen LogP contribution in [-0.4, -0.2) is 45.3 Å². The minimum absolute atomic E-state index is 0.189. The number of fused-ring (bicyclic) bond motifs is 1. The molecule has 1 aliphatic rings. The van der Waals surface area contributed by atoms with Gasteiger partial charge in [0.15, 0.2) is 4.80 Å². The van der Waals surface area contributed by atoms with Crippen molar-refractivity contribution in [1.29, 1.82) is 0 Å². The average molecular weight is 491 g/mol. The fraction of sp³-hybridized carbons (Fsp3) is 0.296. The fourth-order valence-corrected chi connectivity index (χ4v) is 5.07. The SMILES string of the molecule is CCOC(=O)C1=C(C)n2c(s/c(=C\c3ccc(N(C)C)cc3)c2=O)=N[C@H]1c1ccc(N(C)C)cc1. The summed E-state index contributed by atoms with van der Waals surface area (Å²) in [5, 5.41) is 0. The van der Waals surface area contributed by atoms with E-state index in [0.717, 1.165) is 22.5 Å². The maximum Gasteiger partial charge on any atom is 0.338 e. The summed E-state index contributed by atoms with van der Waals surface area (Å²) in [7, 11) is 7.93. The number of anilines is 2. The molecule has 35 heavy (non-hydrogen) atoms. The van der Waals surface area contributed by atoms with Crippen LogP contribution >= 0.6 is 11.3 Å². The lowest BCUT2D eigenvalue weighted by molar-refractivity contribution is -0.138. The quantitative estimate of drug-likeness (QED) is 0.497. The molecule has 0 amide bonds. The number of hydrogen-bond acceptors (Lipinski definition) is 7. The van der Waals surface area contributed by atoms with Gasteiger partial charge in [0, 0.05) is 45.3 Å². The summed E-state index contributed by atoms with van der Waals surface area (Å²) in [6.07, 6.45) is 1.87. The van der Waals surface area contributed by atoms with E-state index < -0.39 is 12.0 Å². The topological polar surface area (TPSA) is 67.1 Å². The second-order valence-corrected chi connectivity index (χ2v) is 9.77. The maximum atomic E-state index is 13.4. The highest BCUT2D eigenvalue weighted by molar-refractivity contribution is 7.07. The van der Waals surface area contributed by atoms with E-state index in [9.17, 15) is 9.59 Å². The van der Waals surface area contributed by atoms with Crippen LogP contribution in [0.15, 0.2) is 63.9 Å². The van der Waals surface area contributed by atoms with Crippen LogP contribution in [-0.2, 0) is 9.53 Å². The van der Waals surface area contributed by atoms with Gasteiger partial charge in [0.2, 0.25) is 0 Å². The van der Waals surface area contributed by atoms with Gasteiger partial charge in [-0.05, 0) is 55.3 Å². The number of aromatic nitrogens is 1. The van der Waals surface area contributed by atoms with Crippen molar-refractivity contribution in [1.82, 2.24) is 4.57 Å². The van der Waals surface area contributed by atoms with Crippen molar-refractivity contribution >= 4 is 40.5 Å². The van der Waals surface area contributed by atoms with Crippen LogP contribution in [0, 0.1) is 0 Å². The van der Waals surface area contributed by atoms with Crippen molar-refractivity contribution in [2.75, 3.05) is 44.6 Å². The summed E-state index contributed by atoms with van der Waals surface area (Å²) in [5.74, 6) is -0.455. The molecule has 3 aromatic rings. The van der Waals surface area contributed by atoms with Crippen molar-refractivity contribution < 1.29 is 9.53 Å². The van der Waals surface area contributed by atoms with Crippen molar-refractivity contribution in [2.24, 2.45) is 4.99 Å². The van der Waals surface area contributed by atoms with Gasteiger partial charge in [-0.25, -0.2) is 9.79 Å². The van der Waals surface area contributed by atoms with Crippen LogP contribution in [0.5, 0.6) is 0 Å². The van der Waals surface area contributed by atoms with E-state index in [-0.39, 0.29) is 12.2 Å². The van der Waals surface area contributed by atoms with E-state index in [2.05, 4.69) is 0 Å². The van der Waals surface area contributed by atoms with E-state index in [4.69, 9.17) is 9.73 Å². The second-order valence-electron chi connectivity index (χ2n) is 8.76. The molecule has 0 fully saturated rings. The first-order valence-corrected chi connectivity index (χ1v) is 12.3. The highest BCUT2D eigenvalue weighted by Gasteiger charge is 2.31. The monoisotopic (exact) mass is 490 g/mol. The molecular formula is C27H30N4O3S. The van der Waals surface area contributed by atoms with Crippen molar-refractivity contribution in [2.45, 2.75) is 19.9 Å². The number of ether oxygens (including phenoxy) is 1. The first-order valence-electron chi connectivity index (χ1n) is 11.5. The Bertz CT molecular complexity index is 1450. The zero-order valence-corrected chi connectivity index (χ0v) is 21.7. The molecule has 2 heterocycles. The molecule has 1 aliphatic heterocycles. The molecule has 0 saturated carbocycles. The maximum absolute atomic E-state index is 13.4. The number of esters is 1. The van der Waals surface area contributed by atoms with Gasteiger partial charge in [-0.3, -0.25) is 9.36 Å². The summed E-state index contributed by atoms with van der Waals surface area (Å²) >= 11 is 1.33. The molecule has 182 valence electrons. The van der Waals surface area contributed by atoms with E-state index in [1.807, 2.05) is 92.6 Å². The van der Waals surface area contributed by atoms with Gasteiger partial charge in [0.25, 0.3) is 5.56 Å². The van der Waals surface area contributed by atoms with Crippen LogP contribution in [0.25, 0.3) is 11.8 Å². The fourth-order valence-electron chi connectivity index (χ4n) is 4.03. The van der Waals surface area contributed by atoms with Crippen LogP contribution in [0.2, 0.25) is 0 Å². The smallest absolute Gasteiger partial charge is 0.338 e. The summed E-state index contributed by atoms with van der Waals surface area (Å²) in [4.78, 5) is 35.9.